The molecule has 2 aliphatic heterocycles. The van der Waals surface area contributed by atoms with E-state index >= 15 is 0 Å². The van der Waals surface area contributed by atoms with Gasteiger partial charge in [0.2, 0.25) is 0 Å². The van der Waals surface area contributed by atoms with Gasteiger partial charge >= 0.3 is 0 Å². The van der Waals surface area contributed by atoms with Crippen LogP contribution < -0.4 is 5.32 Å². The molecule has 0 bridgehead atoms. The van der Waals surface area contributed by atoms with Crippen molar-refractivity contribution in [2.45, 2.75) is 43.2 Å². The summed E-state index contributed by atoms with van der Waals surface area (Å²) in [6, 6.07) is 3.85. The second-order valence-corrected chi connectivity index (χ2v) is 7.40. The highest BCUT2D eigenvalue weighted by molar-refractivity contribution is 5.61. The van der Waals surface area contributed by atoms with Crippen LogP contribution in [0.25, 0.3) is 6.08 Å². The van der Waals surface area contributed by atoms with Gasteiger partial charge in [0.15, 0.2) is 5.79 Å². The Morgan fingerprint density at radius 1 is 1.30 bits per heavy atom. The molecule has 2 saturated heterocycles. The van der Waals surface area contributed by atoms with Crippen molar-refractivity contribution >= 4 is 11.8 Å². The Hall–Kier alpha value is -1.87. The number of nitrogens with zero attached hydrogens (tertiary/aromatic N) is 1. The van der Waals surface area contributed by atoms with Crippen molar-refractivity contribution in [3.8, 4) is 0 Å². The summed E-state index contributed by atoms with van der Waals surface area (Å²) in [6.07, 6.45) is 6.17. The summed E-state index contributed by atoms with van der Waals surface area (Å²) in [5.41, 5.74) is -0.695. The molecule has 1 unspecified atom stereocenters. The van der Waals surface area contributed by atoms with Gasteiger partial charge in [-0.3, -0.25) is 10.1 Å². The van der Waals surface area contributed by atoms with E-state index in [1.165, 1.54) is 24.3 Å². The van der Waals surface area contributed by atoms with Crippen LogP contribution in [0, 0.1) is 15.9 Å². The summed E-state index contributed by atoms with van der Waals surface area (Å²) in [6.45, 7) is 2.47. The molecule has 0 aromatic heterocycles. The zero-order valence-electron chi connectivity index (χ0n) is 15.0. The first-order valence-corrected chi connectivity index (χ1v) is 9.29. The van der Waals surface area contributed by atoms with E-state index in [1.807, 2.05) is 0 Å². The van der Waals surface area contributed by atoms with E-state index in [4.69, 9.17) is 14.2 Å². The lowest BCUT2D eigenvalue weighted by Crippen LogP contribution is -2.59. The maximum absolute atomic E-state index is 14.1. The van der Waals surface area contributed by atoms with Crippen LogP contribution >= 0.6 is 0 Å². The fourth-order valence-electron chi connectivity index (χ4n) is 4.35. The van der Waals surface area contributed by atoms with E-state index in [-0.39, 0.29) is 17.4 Å². The van der Waals surface area contributed by atoms with Crippen molar-refractivity contribution in [1.82, 2.24) is 5.32 Å². The number of halogens is 1. The summed E-state index contributed by atoms with van der Waals surface area (Å²) in [4.78, 5) is 10.6. The number of nitrogens with one attached hydrogen (secondary N) is 1. The largest absolute Gasteiger partial charge is 0.365 e. The molecule has 1 aliphatic carbocycles. The van der Waals surface area contributed by atoms with Crippen molar-refractivity contribution in [1.29, 1.82) is 0 Å². The lowest BCUT2D eigenvalue weighted by molar-refractivity contribution is -0.385. The molecule has 2 heterocycles. The van der Waals surface area contributed by atoms with E-state index in [9.17, 15) is 14.5 Å². The summed E-state index contributed by atoms with van der Waals surface area (Å²) < 4.78 is 32.1. The standard InChI is InChI=1S/C19H23FN2O5/c20-16-3-1-4-17(22(23)24)15(16)6-5-14-11-21-13-18(27-14)7-2-8-19(12-18)25-9-10-26-19/h1,3-6,14,21H,2,7-13H2/t14-,18?/m1/s1. The molecular weight excluding hydrogens is 355 g/mol. The van der Waals surface area contributed by atoms with Crippen LogP contribution in [0.3, 0.4) is 0 Å². The van der Waals surface area contributed by atoms with Crippen LogP contribution in [0.5, 0.6) is 0 Å². The van der Waals surface area contributed by atoms with E-state index in [0.717, 1.165) is 19.3 Å². The Labute approximate surface area is 156 Å². The normalized spacial score (nSPS) is 30.3. The summed E-state index contributed by atoms with van der Waals surface area (Å²) in [5.74, 6) is -1.18. The molecule has 1 aromatic rings. The highest BCUT2D eigenvalue weighted by Crippen LogP contribution is 2.44. The van der Waals surface area contributed by atoms with Crippen molar-refractivity contribution in [2.75, 3.05) is 26.3 Å². The number of nitro groups is 1. The average molecular weight is 378 g/mol. The molecule has 1 N–H and O–H groups in total. The van der Waals surface area contributed by atoms with Crippen LogP contribution in [0.4, 0.5) is 10.1 Å². The van der Waals surface area contributed by atoms with Gasteiger partial charge in [0.25, 0.3) is 5.69 Å². The van der Waals surface area contributed by atoms with Gasteiger partial charge in [-0.25, -0.2) is 4.39 Å². The topological polar surface area (TPSA) is 82.9 Å². The maximum Gasteiger partial charge on any atom is 0.279 e. The summed E-state index contributed by atoms with van der Waals surface area (Å²) in [5, 5.41) is 14.5. The smallest absolute Gasteiger partial charge is 0.279 e. The zero-order valence-corrected chi connectivity index (χ0v) is 15.0. The van der Waals surface area contributed by atoms with E-state index in [1.54, 1.807) is 6.08 Å². The van der Waals surface area contributed by atoms with Crippen LogP contribution in [0.1, 0.15) is 31.2 Å². The monoisotopic (exact) mass is 378 g/mol. The SMILES string of the molecule is O=[N+]([O-])c1cccc(F)c1C=C[C@@H]1CNCC2(CCCC3(C2)OCCO3)O1. The fraction of sp³-hybridized carbons (Fsp3) is 0.579. The number of benzene rings is 1. The summed E-state index contributed by atoms with van der Waals surface area (Å²) >= 11 is 0. The number of morpholine rings is 1. The van der Waals surface area contributed by atoms with Crippen molar-refractivity contribution in [3.63, 3.8) is 0 Å². The van der Waals surface area contributed by atoms with Crippen LogP contribution in [0.15, 0.2) is 24.3 Å². The predicted octanol–water partition coefficient (Wildman–Crippen LogP) is 2.79. The minimum absolute atomic E-state index is 0.0340. The zero-order chi connectivity index (χ0) is 18.9. The fourth-order valence-corrected chi connectivity index (χ4v) is 4.35. The van der Waals surface area contributed by atoms with Crippen molar-refractivity contribution < 1.29 is 23.5 Å². The molecule has 7 nitrogen and oxygen atoms in total. The molecule has 1 saturated carbocycles. The van der Waals surface area contributed by atoms with Crippen molar-refractivity contribution in [2.24, 2.45) is 0 Å². The second kappa shape index (κ2) is 7.27. The first-order valence-electron chi connectivity index (χ1n) is 9.29. The summed E-state index contributed by atoms with van der Waals surface area (Å²) in [7, 11) is 0. The number of hydrogen-bond donors (Lipinski definition) is 1. The Morgan fingerprint density at radius 3 is 2.89 bits per heavy atom. The van der Waals surface area contributed by atoms with Gasteiger partial charge in [-0.05, 0) is 25.0 Å². The second-order valence-electron chi connectivity index (χ2n) is 7.40. The number of nitro benzene ring substituents is 1. The minimum Gasteiger partial charge on any atom is -0.365 e. The van der Waals surface area contributed by atoms with Crippen LogP contribution in [-0.2, 0) is 14.2 Å². The van der Waals surface area contributed by atoms with Gasteiger partial charge in [0.05, 0.1) is 35.4 Å². The molecule has 3 fully saturated rings. The lowest BCUT2D eigenvalue weighted by Gasteiger charge is -2.48. The number of rotatable bonds is 3. The maximum atomic E-state index is 14.1. The van der Waals surface area contributed by atoms with Gasteiger partial charge in [-0.1, -0.05) is 12.1 Å². The molecule has 2 atom stereocenters. The third-order valence-corrected chi connectivity index (χ3v) is 5.49. The average Bonchev–Trinajstić information content (AvgIpc) is 3.07. The lowest BCUT2D eigenvalue weighted by atomic mass is 9.79. The van der Waals surface area contributed by atoms with Crippen LogP contribution in [0.2, 0.25) is 0 Å². The van der Waals surface area contributed by atoms with Gasteiger partial charge in [0.1, 0.15) is 5.82 Å². The molecule has 27 heavy (non-hydrogen) atoms. The minimum atomic E-state index is -0.622. The molecule has 1 aromatic carbocycles. The van der Waals surface area contributed by atoms with Gasteiger partial charge in [-0.15, -0.1) is 0 Å². The molecule has 3 aliphatic rings. The molecule has 2 spiro atoms. The Kier molecular flexibility index (Phi) is 4.98. The first kappa shape index (κ1) is 18.5. The highest BCUT2D eigenvalue weighted by Gasteiger charge is 2.50. The Balaban J connectivity index is 1.51. The quantitative estimate of drug-likeness (QED) is 0.643. The van der Waals surface area contributed by atoms with Gasteiger partial charge < -0.3 is 19.5 Å². The number of hydrogen-bond acceptors (Lipinski definition) is 6. The first-order chi connectivity index (χ1) is 13.0. The van der Waals surface area contributed by atoms with Crippen LogP contribution in [-0.4, -0.2) is 48.7 Å². The number of ether oxygens (including phenoxy) is 3. The van der Waals surface area contributed by atoms with Gasteiger partial charge in [0, 0.05) is 32.0 Å². The van der Waals surface area contributed by atoms with E-state index in [2.05, 4.69) is 5.32 Å². The van der Waals surface area contributed by atoms with Crippen molar-refractivity contribution in [3.05, 3.63) is 45.8 Å². The molecular formula is C19H23FN2O5. The predicted molar refractivity (Wildman–Crippen MR) is 95.7 cm³/mol. The molecule has 0 radical (unpaired) electrons. The third-order valence-electron chi connectivity index (χ3n) is 5.49. The Bertz CT molecular complexity index is 746. The van der Waals surface area contributed by atoms with E-state index in [0.29, 0.717) is 32.7 Å². The molecule has 4 rings (SSSR count). The molecule has 0 amide bonds. The third kappa shape index (κ3) is 3.75. The Morgan fingerprint density at radius 2 is 2.11 bits per heavy atom. The van der Waals surface area contributed by atoms with E-state index < -0.39 is 22.1 Å². The highest BCUT2D eigenvalue weighted by atomic mass is 19.1. The molecule has 8 heteroatoms. The molecule has 146 valence electrons. The van der Waals surface area contributed by atoms with Gasteiger partial charge in [-0.2, -0.15) is 0 Å².